The molecule has 1 fully saturated rings. The van der Waals surface area contributed by atoms with E-state index in [1.54, 1.807) is 12.1 Å². The maximum absolute atomic E-state index is 13.6. The molecule has 1 aliphatic heterocycles. The molecular weight excluding hydrogens is 269 g/mol. The molecule has 0 saturated carbocycles. The van der Waals surface area contributed by atoms with Crippen molar-refractivity contribution < 1.29 is 8.91 Å². The van der Waals surface area contributed by atoms with E-state index >= 15 is 0 Å². The second-order valence-corrected chi connectivity index (χ2v) is 5.69. The van der Waals surface area contributed by atoms with E-state index < -0.39 is 0 Å². The standard InChI is InChI=1S/C16H20FN3O/c1-12-6-4-5-9-20(12)11-16-18-15(19-21-16)10-13-7-2-3-8-14(13)17/h2-3,7-8,12H,4-6,9-11H2,1H3/t12-/m1/s1. The maximum atomic E-state index is 13.6. The molecule has 1 saturated heterocycles. The van der Waals surface area contributed by atoms with Crippen LogP contribution in [0.4, 0.5) is 4.39 Å². The van der Waals surface area contributed by atoms with Crippen LogP contribution in [-0.4, -0.2) is 27.6 Å². The summed E-state index contributed by atoms with van der Waals surface area (Å²) in [5.74, 6) is 0.934. The van der Waals surface area contributed by atoms with Crippen LogP contribution in [0.5, 0.6) is 0 Å². The number of nitrogens with zero attached hydrogens (tertiary/aromatic N) is 3. The predicted octanol–water partition coefficient (Wildman–Crippen LogP) is 3.17. The second kappa shape index (κ2) is 6.35. The second-order valence-electron chi connectivity index (χ2n) is 5.69. The summed E-state index contributed by atoms with van der Waals surface area (Å²) >= 11 is 0. The van der Waals surface area contributed by atoms with Crippen LogP contribution in [0.15, 0.2) is 28.8 Å². The van der Waals surface area contributed by atoms with Gasteiger partial charge in [-0.15, -0.1) is 0 Å². The van der Waals surface area contributed by atoms with Gasteiger partial charge < -0.3 is 4.52 Å². The third-order valence-electron chi connectivity index (χ3n) is 4.10. The van der Waals surface area contributed by atoms with Gasteiger partial charge >= 0.3 is 0 Å². The van der Waals surface area contributed by atoms with Crippen molar-refractivity contribution in [3.63, 3.8) is 0 Å². The van der Waals surface area contributed by atoms with E-state index in [1.165, 1.54) is 25.3 Å². The zero-order valence-corrected chi connectivity index (χ0v) is 12.3. The van der Waals surface area contributed by atoms with E-state index in [-0.39, 0.29) is 5.82 Å². The zero-order chi connectivity index (χ0) is 14.7. The van der Waals surface area contributed by atoms with E-state index in [0.717, 1.165) is 6.54 Å². The Bertz CT molecular complexity index is 599. The first-order valence-electron chi connectivity index (χ1n) is 7.51. The van der Waals surface area contributed by atoms with Gasteiger partial charge in [-0.3, -0.25) is 4.90 Å². The Labute approximate surface area is 124 Å². The topological polar surface area (TPSA) is 42.2 Å². The van der Waals surface area contributed by atoms with Crippen LogP contribution in [0.3, 0.4) is 0 Å². The first-order chi connectivity index (χ1) is 10.2. The summed E-state index contributed by atoms with van der Waals surface area (Å²) < 4.78 is 18.9. The normalized spacial score (nSPS) is 19.8. The predicted molar refractivity (Wildman–Crippen MR) is 77.2 cm³/mol. The van der Waals surface area contributed by atoms with Gasteiger partial charge in [-0.1, -0.05) is 29.8 Å². The molecule has 1 aliphatic rings. The van der Waals surface area contributed by atoms with Gasteiger partial charge in [0, 0.05) is 12.5 Å². The molecule has 0 aliphatic carbocycles. The minimum Gasteiger partial charge on any atom is -0.338 e. The van der Waals surface area contributed by atoms with Gasteiger partial charge in [-0.05, 0) is 37.9 Å². The Morgan fingerprint density at radius 2 is 2.19 bits per heavy atom. The third kappa shape index (κ3) is 3.47. The molecule has 21 heavy (non-hydrogen) atoms. The minimum absolute atomic E-state index is 0.228. The van der Waals surface area contributed by atoms with Gasteiger partial charge in [0.05, 0.1) is 6.54 Å². The lowest BCUT2D eigenvalue weighted by atomic mass is 10.0. The van der Waals surface area contributed by atoms with Crippen LogP contribution in [0.2, 0.25) is 0 Å². The van der Waals surface area contributed by atoms with Crippen molar-refractivity contribution in [3.8, 4) is 0 Å². The summed E-state index contributed by atoms with van der Waals surface area (Å²) in [6.07, 6.45) is 4.10. The molecule has 5 heteroatoms. The summed E-state index contributed by atoms with van der Waals surface area (Å²) in [6.45, 7) is 3.99. The van der Waals surface area contributed by atoms with Gasteiger partial charge in [0.2, 0.25) is 5.89 Å². The highest BCUT2D eigenvalue weighted by molar-refractivity contribution is 5.20. The molecule has 112 valence electrons. The smallest absolute Gasteiger partial charge is 0.240 e. The minimum atomic E-state index is -0.228. The molecule has 4 nitrogen and oxygen atoms in total. The average Bonchev–Trinajstić information content (AvgIpc) is 2.91. The molecule has 2 heterocycles. The summed E-state index contributed by atoms with van der Waals surface area (Å²) in [5, 5.41) is 3.96. The summed E-state index contributed by atoms with van der Waals surface area (Å²) in [5.41, 5.74) is 0.594. The summed E-state index contributed by atoms with van der Waals surface area (Å²) in [6, 6.07) is 7.25. The number of likely N-dealkylation sites (tertiary alicyclic amines) is 1. The fourth-order valence-corrected chi connectivity index (χ4v) is 2.80. The molecule has 0 amide bonds. The van der Waals surface area contributed by atoms with Gasteiger partial charge in [0.25, 0.3) is 0 Å². The van der Waals surface area contributed by atoms with Crippen molar-refractivity contribution in [1.82, 2.24) is 15.0 Å². The SMILES string of the molecule is C[C@@H]1CCCCN1Cc1nc(Cc2ccccc2F)no1. The molecule has 0 unspecified atom stereocenters. The van der Waals surface area contributed by atoms with Crippen LogP contribution in [0.25, 0.3) is 0 Å². The zero-order valence-electron chi connectivity index (χ0n) is 12.3. The van der Waals surface area contributed by atoms with E-state index in [1.807, 2.05) is 6.07 Å². The molecule has 1 aromatic heterocycles. The Kier molecular flexibility index (Phi) is 4.29. The van der Waals surface area contributed by atoms with E-state index in [4.69, 9.17) is 4.52 Å². The van der Waals surface area contributed by atoms with Gasteiger partial charge in [-0.2, -0.15) is 4.98 Å². The molecule has 0 radical (unpaired) electrons. The van der Waals surface area contributed by atoms with Crippen LogP contribution in [0, 0.1) is 5.82 Å². The van der Waals surface area contributed by atoms with Crippen molar-refractivity contribution in [2.75, 3.05) is 6.54 Å². The van der Waals surface area contributed by atoms with Crippen molar-refractivity contribution in [1.29, 1.82) is 0 Å². The van der Waals surface area contributed by atoms with Gasteiger partial charge in [0.15, 0.2) is 5.82 Å². The van der Waals surface area contributed by atoms with E-state index in [0.29, 0.717) is 36.3 Å². The van der Waals surface area contributed by atoms with Gasteiger partial charge in [0.1, 0.15) is 5.82 Å². The molecule has 0 bridgehead atoms. The molecule has 1 atom stereocenters. The van der Waals surface area contributed by atoms with Crippen LogP contribution in [0.1, 0.15) is 43.5 Å². The summed E-state index contributed by atoms with van der Waals surface area (Å²) in [7, 11) is 0. The fourth-order valence-electron chi connectivity index (χ4n) is 2.80. The molecular formula is C16H20FN3O. The monoisotopic (exact) mass is 289 g/mol. The van der Waals surface area contributed by atoms with Crippen LogP contribution >= 0.6 is 0 Å². The number of hydrogen-bond acceptors (Lipinski definition) is 4. The number of piperidine rings is 1. The Morgan fingerprint density at radius 3 is 3.00 bits per heavy atom. The number of rotatable bonds is 4. The highest BCUT2D eigenvalue weighted by atomic mass is 19.1. The molecule has 3 rings (SSSR count). The lowest BCUT2D eigenvalue weighted by molar-refractivity contribution is 0.135. The van der Waals surface area contributed by atoms with Crippen molar-refractivity contribution in [2.45, 2.75) is 45.2 Å². The molecule has 0 spiro atoms. The average molecular weight is 289 g/mol. The van der Waals surface area contributed by atoms with Crippen LogP contribution < -0.4 is 0 Å². The lowest BCUT2D eigenvalue weighted by Gasteiger charge is -2.31. The maximum Gasteiger partial charge on any atom is 0.240 e. The number of halogens is 1. The Balaban J connectivity index is 1.65. The van der Waals surface area contributed by atoms with Crippen molar-refractivity contribution in [2.24, 2.45) is 0 Å². The largest absolute Gasteiger partial charge is 0.338 e. The highest BCUT2D eigenvalue weighted by Gasteiger charge is 2.20. The highest BCUT2D eigenvalue weighted by Crippen LogP contribution is 2.19. The fraction of sp³-hybridized carbons (Fsp3) is 0.500. The number of aromatic nitrogens is 2. The summed E-state index contributed by atoms with van der Waals surface area (Å²) in [4.78, 5) is 6.75. The molecule has 2 aromatic rings. The van der Waals surface area contributed by atoms with E-state index in [2.05, 4.69) is 22.0 Å². The van der Waals surface area contributed by atoms with Crippen molar-refractivity contribution >= 4 is 0 Å². The Morgan fingerprint density at radius 1 is 1.33 bits per heavy atom. The first-order valence-corrected chi connectivity index (χ1v) is 7.51. The first kappa shape index (κ1) is 14.2. The van der Waals surface area contributed by atoms with Crippen molar-refractivity contribution in [3.05, 3.63) is 47.4 Å². The van der Waals surface area contributed by atoms with Gasteiger partial charge in [-0.25, -0.2) is 4.39 Å². The Hall–Kier alpha value is -1.75. The third-order valence-corrected chi connectivity index (χ3v) is 4.10. The quantitative estimate of drug-likeness (QED) is 0.867. The lowest BCUT2D eigenvalue weighted by Crippen LogP contribution is -2.36. The van der Waals surface area contributed by atoms with E-state index in [9.17, 15) is 4.39 Å². The number of benzene rings is 1. The number of hydrogen-bond donors (Lipinski definition) is 0. The molecule has 1 aromatic carbocycles. The molecule has 0 N–H and O–H groups in total. The van der Waals surface area contributed by atoms with Crippen LogP contribution in [-0.2, 0) is 13.0 Å².